The van der Waals surface area contributed by atoms with Crippen LogP contribution in [0.25, 0.3) is 0 Å². The van der Waals surface area contributed by atoms with Crippen LogP contribution in [0.3, 0.4) is 0 Å². The fraction of sp³-hybridized carbons (Fsp3) is 0.571. The number of anilines is 1. The van der Waals surface area contributed by atoms with Crippen LogP contribution in [0.1, 0.15) is 6.92 Å². The summed E-state index contributed by atoms with van der Waals surface area (Å²) in [6.45, 7) is 2.75. The van der Waals surface area contributed by atoms with Crippen LogP contribution < -0.4 is 4.90 Å². The van der Waals surface area contributed by atoms with Gasteiger partial charge in [0.1, 0.15) is 6.33 Å². The molecule has 0 aliphatic carbocycles. The van der Waals surface area contributed by atoms with E-state index in [9.17, 15) is 4.79 Å². The monoisotopic (exact) mass is 198 g/mol. The van der Waals surface area contributed by atoms with Gasteiger partial charge in [0.15, 0.2) is 0 Å². The van der Waals surface area contributed by atoms with Gasteiger partial charge in [-0.25, -0.2) is 9.78 Å². The average Bonchev–Trinajstić information content (AvgIpc) is 2.63. The number of hydrogen-bond acceptors (Lipinski definition) is 4. The van der Waals surface area contributed by atoms with E-state index < -0.39 is 0 Å². The van der Waals surface area contributed by atoms with Crippen LogP contribution >= 0.6 is 11.5 Å². The molecule has 13 heavy (non-hydrogen) atoms. The third-order valence-electron chi connectivity index (χ3n) is 2.07. The largest absolute Gasteiger partial charge is 0.326 e. The zero-order valence-electron chi connectivity index (χ0n) is 7.47. The molecule has 0 aromatic carbocycles. The van der Waals surface area contributed by atoms with Crippen molar-refractivity contribution in [1.82, 2.24) is 14.3 Å². The maximum atomic E-state index is 11.6. The van der Waals surface area contributed by atoms with Crippen LogP contribution in [0, 0.1) is 0 Å². The van der Waals surface area contributed by atoms with Gasteiger partial charge in [-0.3, -0.25) is 4.90 Å². The molecule has 0 N–H and O–H groups in total. The molecule has 1 saturated heterocycles. The lowest BCUT2D eigenvalue weighted by molar-refractivity contribution is 0.229. The lowest BCUT2D eigenvalue weighted by Gasteiger charge is -2.15. The summed E-state index contributed by atoms with van der Waals surface area (Å²) in [5, 5.41) is 0.682. The third-order valence-corrected chi connectivity index (χ3v) is 2.73. The van der Waals surface area contributed by atoms with Gasteiger partial charge < -0.3 is 4.90 Å². The van der Waals surface area contributed by atoms with E-state index in [0.717, 1.165) is 6.54 Å². The molecule has 1 atom stereocenters. The van der Waals surface area contributed by atoms with Crippen molar-refractivity contribution in [2.75, 3.05) is 18.5 Å². The quantitative estimate of drug-likeness (QED) is 0.670. The first-order chi connectivity index (χ1) is 6.20. The van der Waals surface area contributed by atoms with Crippen LogP contribution in [0.5, 0.6) is 0 Å². The number of nitrogens with zero attached hydrogens (tertiary/aromatic N) is 4. The van der Waals surface area contributed by atoms with E-state index in [2.05, 4.69) is 9.36 Å². The number of likely N-dealkylation sites (N-methyl/N-ethyl adjacent to an activating group) is 1. The van der Waals surface area contributed by atoms with E-state index in [1.54, 1.807) is 16.8 Å². The van der Waals surface area contributed by atoms with Gasteiger partial charge in [-0.1, -0.05) is 0 Å². The minimum atomic E-state index is 0.00394. The summed E-state index contributed by atoms with van der Waals surface area (Å²) in [5.41, 5.74) is 0. The Balaban J connectivity index is 2.29. The van der Waals surface area contributed by atoms with Crippen molar-refractivity contribution in [2.24, 2.45) is 0 Å². The predicted octanol–water partition coefficient (Wildman–Crippen LogP) is 0.798. The van der Waals surface area contributed by atoms with Gasteiger partial charge >= 0.3 is 6.03 Å². The molecule has 0 bridgehead atoms. The molecule has 2 heterocycles. The first-order valence-corrected chi connectivity index (χ1v) is 4.78. The third kappa shape index (κ3) is 1.27. The standard InChI is InChI=1S/C7H10N4OS/c1-5-3-10(2)7(12)11(5)6-8-4-9-13-6/h4-5H,3H2,1-2H3. The second-order valence-corrected chi connectivity index (χ2v) is 3.86. The molecule has 1 aliphatic rings. The van der Waals surface area contributed by atoms with Crippen molar-refractivity contribution in [2.45, 2.75) is 13.0 Å². The molecule has 0 radical (unpaired) electrons. The highest BCUT2D eigenvalue weighted by molar-refractivity contribution is 7.09. The molecule has 1 fully saturated rings. The lowest BCUT2D eigenvalue weighted by atomic mass is 10.3. The smallest absolute Gasteiger partial charge is 0.325 e. The van der Waals surface area contributed by atoms with Crippen molar-refractivity contribution in [3.8, 4) is 0 Å². The van der Waals surface area contributed by atoms with Crippen molar-refractivity contribution < 1.29 is 4.79 Å². The van der Waals surface area contributed by atoms with Crippen molar-refractivity contribution >= 4 is 22.7 Å². The van der Waals surface area contributed by atoms with Crippen molar-refractivity contribution in [3.63, 3.8) is 0 Å². The Morgan fingerprint density at radius 2 is 2.46 bits per heavy atom. The van der Waals surface area contributed by atoms with E-state index >= 15 is 0 Å². The number of urea groups is 1. The van der Waals surface area contributed by atoms with Crippen LogP contribution in [0.15, 0.2) is 6.33 Å². The molecule has 1 aromatic rings. The lowest BCUT2D eigenvalue weighted by Crippen LogP contribution is -2.32. The molecule has 1 aromatic heterocycles. The Morgan fingerprint density at radius 3 is 2.92 bits per heavy atom. The summed E-state index contributed by atoms with van der Waals surface area (Å²) in [6.07, 6.45) is 1.47. The molecule has 0 saturated carbocycles. The van der Waals surface area contributed by atoms with Gasteiger partial charge in [-0.15, -0.1) is 0 Å². The zero-order chi connectivity index (χ0) is 9.42. The van der Waals surface area contributed by atoms with Crippen LogP contribution in [0.2, 0.25) is 0 Å². The SMILES string of the molecule is CC1CN(C)C(=O)N1c1ncns1. The van der Waals surface area contributed by atoms with E-state index in [1.807, 2.05) is 6.92 Å². The Bertz CT molecular complexity index is 312. The average molecular weight is 198 g/mol. The second-order valence-electron chi connectivity index (χ2n) is 3.11. The maximum Gasteiger partial charge on any atom is 0.326 e. The molecular weight excluding hydrogens is 188 g/mol. The molecule has 0 spiro atoms. The fourth-order valence-electron chi connectivity index (χ4n) is 1.47. The summed E-state index contributed by atoms with van der Waals surface area (Å²) < 4.78 is 3.88. The first-order valence-electron chi connectivity index (χ1n) is 4.01. The second kappa shape index (κ2) is 2.95. The molecule has 5 nitrogen and oxygen atoms in total. The Kier molecular flexibility index (Phi) is 1.91. The van der Waals surface area contributed by atoms with E-state index in [-0.39, 0.29) is 12.1 Å². The van der Waals surface area contributed by atoms with Crippen LogP contribution in [0.4, 0.5) is 9.93 Å². The topological polar surface area (TPSA) is 49.3 Å². The van der Waals surface area contributed by atoms with Gasteiger partial charge in [0.05, 0.1) is 6.04 Å². The number of hydrogen-bond donors (Lipinski definition) is 0. The first kappa shape index (κ1) is 8.43. The van der Waals surface area contributed by atoms with Gasteiger partial charge in [-0.05, 0) is 6.92 Å². The number of carbonyl (C=O) groups excluding carboxylic acids is 1. The summed E-state index contributed by atoms with van der Waals surface area (Å²) in [7, 11) is 1.79. The molecule has 70 valence electrons. The van der Waals surface area contributed by atoms with E-state index in [4.69, 9.17) is 0 Å². The molecule has 1 unspecified atom stereocenters. The van der Waals surface area contributed by atoms with Gasteiger partial charge in [-0.2, -0.15) is 4.37 Å². The van der Waals surface area contributed by atoms with Gasteiger partial charge in [0.25, 0.3) is 0 Å². The molecule has 6 heteroatoms. The molecule has 2 rings (SSSR count). The Morgan fingerprint density at radius 1 is 1.69 bits per heavy atom. The molecule has 2 amide bonds. The highest BCUT2D eigenvalue weighted by atomic mass is 32.1. The summed E-state index contributed by atoms with van der Waals surface area (Å²) in [4.78, 5) is 19.0. The Labute approximate surface area is 80.2 Å². The zero-order valence-corrected chi connectivity index (χ0v) is 8.28. The van der Waals surface area contributed by atoms with E-state index in [1.165, 1.54) is 17.9 Å². The number of rotatable bonds is 1. The molecular formula is C7H10N4OS. The van der Waals surface area contributed by atoms with E-state index in [0.29, 0.717) is 5.13 Å². The highest BCUT2D eigenvalue weighted by Gasteiger charge is 2.34. The highest BCUT2D eigenvalue weighted by Crippen LogP contribution is 2.23. The van der Waals surface area contributed by atoms with Gasteiger partial charge in [0.2, 0.25) is 5.13 Å². The van der Waals surface area contributed by atoms with Crippen molar-refractivity contribution in [3.05, 3.63) is 6.33 Å². The number of aromatic nitrogens is 2. The molecule has 1 aliphatic heterocycles. The minimum Gasteiger partial charge on any atom is -0.325 e. The summed E-state index contributed by atoms with van der Waals surface area (Å²) in [6, 6.07) is 0.190. The van der Waals surface area contributed by atoms with Gasteiger partial charge in [0, 0.05) is 25.1 Å². The van der Waals surface area contributed by atoms with Crippen molar-refractivity contribution in [1.29, 1.82) is 0 Å². The maximum absolute atomic E-state index is 11.6. The van der Waals surface area contributed by atoms with Crippen LogP contribution in [-0.4, -0.2) is 39.9 Å². The predicted molar refractivity (Wildman–Crippen MR) is 49.9 cm³/mol. The summed E-state index contributed by atoms with van der Waals surface area (Å²) >= 11 is 1.25. The fourth-order valence-corrected chi connectivity index (χ4v) is 2.10. The number of amides is 2. The normalized spacial score (nSPS) is 22.9. The van der Waals surface area contributed by atoms with Crippen LogP contribution in [-0.2, 0) is 0 Å². The minimum absolute atomic E-state index is 0.00394. The Hall–Kier alpha value is -1.17. The number of carbonyl (C=O) groups is 1. The summed E-state index contributed by atoms with van der Waals surface area (Å²) in [5.74, 6) is 0.